The van der Waals surface area contributed by atoms with Gasteiger partial charge in [-0.2, -0.15) is 0 Å². The van der Waals surface area contributed by atoms with Crippen molar-refractivity contribution in [1.82, 2.24) is 24.5 Å². The van der Waals surface area contributed by atoms with Gasteiger partial charge in [-0.1, -0.05) is 12.1 Å². The predicted octanol–water partition coefficient (Wildman–Crippen LogP) is 3.65. The van der Waals surface area contributed by atoms with Gasteiger partial charge >= 0.3 is 0 Å². The van der Waals surface area contributed by atoms with Crippen molar-refractivity contribution in [2.24, 2.45) is 7.05 Å². The van der Waals surface area contributed by atoms with Gasteiger partial charge in [-0.25, -0.2) is 9.07 Å². The number of ether oxygens (including phenoxy) is 1. The summed E-state index contributed by atoms with van der Waals surface area (Å²) in [6.45, 7) is 3.85. The fourth-order valence-electron chi connectivity index (χ4n) is 3.34. The monoisotopic (exact) mass is 422 g/mol. The number of nitrogens with one attached hydrogen (secondary N) is 1. The Morgan fingerprint density at radius 3 is 2.74 bits per heavy atom. The average molecular weight is 422 g/mol. The van der Waals surface area contributed by atoms with Crippen LogP contribution in [0.3, 0.4) is 0 Å². The number of fused-ring (bicyclic) bond motifs is 1. The Hall–Kier alpha value is -3.75. The molecule has 0 aliphatic rings. The zero-order chi connectivity index (χ0) is 22.0. The van der Waals surface area contributed by atoms with Gasteiger partial charge in [0.25, 0.3) is 0 Å². The highest BCUT2D eigenvalue weighted by atomic mass is 19.1. The molecule has 1 amide bonds. The minimum atomic E-state index is -0.370. The number of aromatic nitrogens is 5. The Balaban J connectivity index is 1.70. The maximum absolute atomic E-state index is 13.8. The van der Waals surface area contributed by atoms with Crippen LogP contribution in [0, 0.1) is 5.82 Å². The minimum Gasteiger partial charge on any atom is -0.490 e. The summed E-state index contributed by atoms with van der Waals surface area (Å²) in [5.41, 5.74) is 1.25. The number of hydrogen-bond acceptors (Lipinski definition) is 5. The SMILES string of the molecule is CC(C)Oc1cccc2c1c(NC(=O)CCc1nncn1C)nn2-c1cccc(F)c1. The first-order valence-corrected chi connectivity index (χ1v) is 9.99. The Kier molecular flexibility index (Phi) is 5.66. The number of hydrogen-bond donors (Lipinski definition) is 1. The molecule has 0 radical (unpaired) electrons. The summed E-state index contributed by atoms with van der Waals surface area (Å²) in [4.78, 5) is 12.7. The zero-order valence-corrected chi connectivity index (χ0v) is 17.5. The summed E-state index contributed by atoms with van der Waals surface area (Å²) in [5.74, 6) is 1.09. The van der Waals surface area contributed by atoms with E-state index in [1.807, 2.05) is 39.1 Å². The van der Waals surface area contributed by atoms with Crippen molar-refractivity contribution in [3.8, 4) is 11.4 Å². The normalized spacial score (nSPS) is 11.3. The molecule has 0 spiro atoms. The van der Waals surface area contributed by atoms with E-state index in [9.17, 15) is 9.18 Å². The topological polar surface area (TPSA) is 86.9 Å². The lowest BCUT2D eigenvalue weighted by molar-refractivity contribution is -0.116. The van der Waals surface area contributed by atoms with E-state index in [0.717, 1.165) is 0 Å². The number of benzene rings is 2. The van der Waals surface area contributed by atoms with E-state index in [0.29, 0.717) is 40.4 Å². The van der Waals surface area contributed by atoms with Crippen molar-refractivity contribution in [1.29, 1.82) is 0 Å². The van der Waals surface area contributed by atoms with Gasteiger partial charge in [-0.3, -0.25) is 4.79 Å². The van der Waals surface area contributed by atoms with E-state index in [-0.39, 0.29) is 24.2 Å². The number of amides is 1. The summed E-state index contributed by atoms with van der Waals surface area (Å²) >= 11 is 0. The van der Waals surface area contributed by atoms with E-state index in [4.69, 9.17) is 4.74 Å². The van der Waals surface area contributed by atoms with E-state index in [2.05, 4.69) is 20.6 Å². The van der Waals surface area contributed by atoms with Gasteiger partial charge in [0.05, 0.1) is 22.7 Å². The van der Waals surface area contributed by atoms with Gasteiger partial charge in [-0.15, -0.1) is 15.3 Å². The molecule has 0 atom stereocenters. The van der Waals surface area contributed by atoms with Crippen LogP contribution in [0.25, 0.3) is 16.6 Å². The summed E-state index contributed by atoms with van der Waals surface area (Å²) < 4.78 is 23.2. The molecule has 1 N–H and O–H groups in total. The molecule has 4 rings (SSSR count). The fourth-order valence-corrected chi connectivity index (χ4v) is 3.34. The molecule has 31 heavy (non-hydrogen) atoms. The molecule has 8 nitrogen and oxygen atoms in total. The van der Waals surface area contributed by atoms with E-state index >= 15 is 0 Å². The molecule has 2 heterocycles. The molecule has 0 bridgehead atoms. The number of aryl methyl sites for hydroxylation is 2. The summed E-state index contributed by atoms with van der Waals surface area (Å²) in [6.07, 6.45) is 2.19. The third-order valence-electron chi connectivity index (χ3n) is 4.72. The van der Waals surface area contributed by atoms with Crippen LogP contribution >= 0.6 is 0 Å². The Labute approximate surface area is 178 Å². The van der Waals surface area contributed by atoms with Crippen molar-refractivity contribution < 1.29 is 13.9 Å². The van der Waals surface area contributed by atoms with Gasteiger partial charge in [0.1, 0.15) is 23.7 Å². The molecular formula is C22H23FN6O2. The number of halogens is 1. The smallest absolute Gasteiger partial charge is 0.226 e. The van der Waals surface area contributed by atoms with Gasteiger partial charge in [0, 0.05) is 19.9 Å². The molecule has 2 aromatic carbocycles. The second-order valence-electron chi connectivity index (χ2n) is 7.46. The molecule has 4 aromatic rings. The van der Waals surface area contributed by atoms with Crippen LogP contribution in [0.4, 0.5) is 10.2 Å². The Morgan fingerprint density at radius 1 is 1.23 bits per heavy atom. The van der Waals surface area contributed by atoms with Crippen LogP contribution < -0.4 is 10.1 Å². The highest BCUT2D eigenvalue weighted by Crippen LogP contribution is 2.34. The van der Waals surface area contributed by atoms with Crippen LogP contribution in [0.5, 0.6) is 5.75 Å². The van der Waals surface area contributed by atoms with Crippen molar-refractivity contribution in [3.63, 3.8) is 0 Å². The zero-order valence-electron chi connectivity index (χ0n) is 17.5. The predicted molar refractivity (Wildman–Crippen MR) is 115 cm³/mol. The second-order valence-corrected chi connectivity index (χ2v) is 7.46. The van der Waals surface area contributed by atoms with Gasteiger partial charge in [-0.05, 0) is 44.2 Å². The number of nitrogens with zero attached hydrogens (tertiary/aromatic N) is 5. The van der Waals surface area contributed by atoms with Crippen LogP contribution in [-0.4, -0.2) is 36.6 Å². The second kappa shape index (κ2) is 8.55. The Bertz CT molecular complexity index is 1230. The van der Waals surface area contributed by atoms with Crippen LogP contribution in [0.15, 0.2) is 48.8 Å². The highest BCUT2D eigenvalue weighted by molar-refractivity contribution is 6.03. The van der Waals surface area contributed by atoms with Gasteiger partial charge in [0.2, 0.25) is 5.91 Å². The minimum absolute atomic E-state index is 0.0670. The fraction of sp³-hybridized carbons (Fsp3) is 0.273. The summed E-state index contributed by atoms with van der Waals surface area (Å²) in [7, 11) is 1.83. The lowest BCUT2D eigenvalue weighted by atomic mass is 10.2. The first kappa shape index (κ1) is 20.5. The van der Waals surface area contributed by atoms with Crippen molar-refractivity contribution in [2.75, 3.05) is 5.32 Å². The molecule has 9 heteroatoms. The maximum Gasteiger partial charge on any atom is 0.226 e. The lowest BCUT2D eigenvalue weighted by Gasteiger charge is -2.11. The summed E-state index contributed by atoms with van der Waals surface area (Å²) in [6, 6.07) is 11.7. The molecule has 0 saturated carbocycles. The van der Waals surface area contributed by atoms with Gasteiger partial charge < -0.3 is 14.6 Å². The van der Waals surface area contributed by atoms with Crippen molar-refractivity contribution >= 4 is 22.6 Å². The summed E-state index contributed by atoms with van der Waals surface area (Å²) in [5, 5.41) is 15.9. The largest absolute Gasteiger partial charge is 0.490 e. The van der Waals surface area contributed by atoms with E-state index in [1.54, 1.807) is 27.7 Å². The molecular weight excluding hydrogens is 399 g/mol. The molecule has 0 unspecified atom stereocenters. The third kappa shape index (κ3) is 4.40. The average Bonchev–Trinajstić information content (AvgIpc) is 3.30. The standard InChI is InChI=1S/C22H23FN6O2/c1-14(2)31-18-9-5-8-17-21(18)22(27-29(17)16-7-4-6-15(23)12-16)25-20(30)11-10-19-26-24-13-28(19)3/h4-9,12-14H,10-11H2,1-3H3,(H,25,27,30). The molecule has 0 fully saturated rings. The van der Waals surface area contributed by atoms with Crippen molar-refractivity contribution in [3.05, 3.63) is 60.4 Å². The Morgan fingerprint density at radius 2 is 2.03 bits per heavy atom. The molecule has 0 aliphatic carbocycles. The first-order valence-electron chi connectivity index (χ1n) is 9.99. The molecule has 160 valence electrons. The van der Waals surface area contributed by atoms with Crippen LogP contribution in [-0.2, 0) is 18.3 Å². The van der Waals surface area contributed by atoms with Gasteiger partial charge in [0.15, 0.2) is 5.82 Å². The van der Waals surface area contributed by atoms with Crippen LogP contribution in [0.1, 0.15) is 26.1 Å². The first-order chi connectivity index (χ1) is 14.9. The number of carbonyl (C=O) groups is 1. The molecule has 0 saturated heterocycles. The van der Waals surface area contributed by atoms with E-state index in [1.165, 1.54) is 12.1 Å². The van der Waals surface area contributed by atoms with Crippen LogP contribution in [0.2, 0.25) is 0 Å². The quantitative estimate of drug-likeness (QED) is 0.491. The maximum atomic E-state index is 13.8. The molecule has 0 aliphatic heterocycles. The van der Waals surface area contributed by atoms with Crippen molar-refractivity contribution in [2.45, 2.75) is 32.8 Å². The highest BCUT2D eigenvalue weighted by Gasteiger charge is 2.19. The number of rotatable bonds is 7. The lowest BCUT2D eigenvalue weighted by Crippen LogP contribution is -2.14. The number of carbonyl (C=O) groups excluding carboxylic acids is 1. The third-order valence-corrected chi connectivity index (χ3v) is 4.72. The number of anilines is 1. The molecule has 2 aromatic heterocycles. The van der Waals surface area contributed by atoms with E-state index < -0.39 is 0 Å².